The van der Waals surface area contributed by atoms with Crippen molar-refractivity contribution < 1.29 is 28.2 Å². The number of carbonyl (C=O) groups is 2. The molecule has 3 atom stereocenters. The highest BCUT2D eigenvalue weighted by molar-refractivity contribution is 6.74. The molecule has 7 heteroatoms. The van der Waals surface area contributed by atoms with E-state index >= 15 is 0 Å². The summed E-state index contributed by atoms with van der Waals surface area (Å²) >= 11 is 0. The van der Waals surface area contributed by atoms with Crippen molar-refractivity contribution in [1.82, 2.24) is 0 Å². The molecule has 1 heterocycles. The van der Waals surface area contributed by atoms with Crippen LogP contribution in [0, 0.1) is 5.41 Å². The topological polar surface area (TPSA) is 71.1 Å². The molecular weight excluding hydrogens is 388 g/mol. The number of Topliss-reactive ketones (excluding diaryl/α,β-unsaturated/α-hetero) is 1. The Hall–Kier alpha value is -1.18. The summed E-state index contributed by atoms with van der Waals surface area (Å²) in [5.74, 6) is 0.0247. The SMILES string of the molecule is CCOC(=O)[C@@]12C(=O)CC(C)(C)O[C@@H]1CC(O[Si](C)(C)C(C)(C)C)=C(C)[C@@H]2OC. The Bertz CT molecular complexity index is 703. The van der Waals surface area contributed by atoms with E-state index in [9.17, 15) is 9.59 Å². The van der Waals surface area contributed by atoms with E-state index in [1.807, 2.05) is 20.8 Å². The maximum Gasteiger partial charge on any atom is 0.325 e. The molecule has 0 amide bonds. The minimum absolute atomic E-state index is 0.0149. The van der Waals surface area contributed by atoms with Crippen molar-refractivity contribution in [2.75, 3.05) is 13.7 Å². The van der Waals surface area contributed by atoms with Gasteiger partial charge in [-0.3, -0.25) is 9.59 Å². The van der Waals surface area contributed by atoms with Gasteiger partial charge in [0.15, 0.2) is 11.2 Å². The molecule has 6 nitrogen and oxygen atoms in total. The standard InChI is InChI=1S/C22H38O6Si/c1-11-26-19(24)22-16(23)13-21(6,7)27-17(22)12-15(14(2)18(22)25-8)28-29(9,10)20(3,4)5/h17-18H,11-13H2,1-10H3/t17-,18+,22+/m1/s1. The van der Waals surface area contributed by atoms with Crippen molar-refractivity contribution in [2.24, 2.45) is 5.41 Å². The Kier molecular flexibility index (Phi) is 6.49. The summed E-state index contributed by atoms with van der Waals surface area (Å²) in [5, 5.41) is 0.0149. The van der Waals surface area contributed by atoms with Gasteiger partial charge in [0.25, 0.3) is 0 Å². The van der Waals surface area contributed by atoms with Gasteiger partial charge in [-0.2, -0.15) is 0 Å². The predicted molar refractivity (Wildman–Crippen MR) is 114 cm³/mol. The summed E-state index contributed by atoms with van der Waals surface area (Å²) < 4.78 is 24.1. The highest BCUT2D eigenvalue weighted by atomic mass is 28.4. The van der Waals surface area contributed by atoms with Gasteiger partial charge in [-0.25, -0.2) is 0 Å². The molecule has 0 aromatic rings. The van der Waals surface area contributed by atoms with Gasteiger partial charge >= 0.3 is 5.97 Å². The van der Waals surface area contributed by atoms with Crippen molar-refractivity contribution in [3.8, 4) is 0 Å². The molecule has 0 aromatic heterocycles. The lowest BCUT2D eigenvalue weighted by Gasteiger charge is -2.52. The zero-order valence-corrected chi connectivity index (χ0v) is 20.7. The second-order valence-electron chi connectivity index (χ2n) is 10.3. The Morgan fingerprint density at radius 2 is 1.86 bits per heavy atom. The van der Waals surface area contributed by atoms with Gasteiger partial charge in [-0.05, 0) is 51.4 Å². The van der Waals surface area contributed by atoms with E-state index in [4.69, 9.17) is 18.6 Å². The fourth-order valence-corrected chi connectivity index (χ4v) is 5.28. The first kappa shape index (κ1) is 24.1. The molecule has 2 aliphatic rings. The molecule has 1 aliphatic carbocycles. The Morgan fingerprint density at radius 1 is 1.28 bits per heavy atom. The van der Waals surface area contributed by atoms with E-state index in [-0.39, 0.29) is 23.8 Å². The van der Waals surface area contributed by atoms with Crippen LogP contribution in [0.25, 0.3) is 0 Å². The van der Waals surface area contributed by atoms with E-state index in [1.54, 1.807) is 6.92 Å². The van der Waals surface area contributed by atoms with Gasteiger partial charge in [0.05, 0.1) is 24.1 Å². The fraction of sp³-hybridized carbons (Fsp3) is 0.818. The van der Waals surface area contributed by atoms with Crippen LogP contribution in [0.4, 0.5) is 0 Å². The maximum atomic E-state index is 13.4. The molecule has 0 unspecified atom stereocenters. The van der Waals surface area contributed by atoms with Crippen LogP contribution in [-0.2, 0) is 28.2 Å². The summed E-state index contributed by atoms with van der Waals surface area (Å²) in [6.07, 6.45) is -0.977. The van der Waals surface area contributed by atoms with E-state index < -0.39 is 37.5 Å². The zero-order chi connectivity index (χ0) is 22.4. The monoisotopic (exact) mass is 426 g/mol. The summed E-state index contributed by atoms with van der Waals surface area (Å²) in [6, 6.07) is 0. The molecule has 2 rings (SSSR count). The molecule has 0 radical (unpaired) electrons. The molecule has 0 saturated carbocycles. The van der Waals surface area contributed by atoms with Crippen molar-refractivity contribution in [3.63, 3.8) is 0 Å². The molecule has 0 aromatic carbocycles. The first-order valence-corrected chi connectivity index (χ1v) is 13.3. The number of ketones is 1. The number of hydrogen-bond acceptors (Lipinski definition) is 6. The van der Waals surface area contributed by atoms with Crippen LogP contribution in [0.2, 0.25) is 18.1 Å². The van der Waals surface area contributed by atoms with Gasteiger partial charge in [0, 0.05) is 20.0 Å². The minimum atomic E-state index is -2.12. The lowest BCUT2D eigenvalue weighted by atomic mass is 9.62. The first-order chi connectivity index (χ1) is 13.1. The lowest BCUT2D eigenvalue weighted by molar-refractivity contribution is -0.216. The van der Waals surface area contributed by atoms with Crippen LogP contribution in [-0.4, -0.2) is 51.6 Å². The molecule has 1 fully saturated rings. The van der Waals surface area contributed by atoms with E-state index in [0.29, 0.717) is 6.42 Å². The predicted octanol–water partition coefficient (Wildman–Crippen LogP) is 4.39. The quantitative estimate of drug-likeness (QED) is 0.369. The summed E-state index contributed by atoms with van der Waals surface area (Å²) in [5.41, 5.74) is -1.38. The second-order valence-corrected chi connectivity index (χ2v) is 15.1. The number of carbonyl (C=O) groups excluding carboxylic acids is 2. The number of hydrogen-bond donors (Lipinski definition) is 0. The number of methoxy groups -OCH3 is 1. The van der Waals surface area contributed by atoms with Gasteiger partial charge in [0.1, 0.15) is 6.10 Å². The highest BCUT2D eigenvalue weighted by Gasteiger charge is 2.66. The summed E-state index contributed by atoms with van der Waals surface area (Å²) in [4.78, 5) is 26.6. The Balaban J connectivity index is 2.62. The average Bonchev–Trinajstić information content (AvgIpc) is 2.54. The van der Waals surface area contributed by atoms with Gasteiger partial charge < -0.3 is 18.6 Å². The zero-order valence-electron chi connectivity index (χ0n) is 19.7. The average molecular weight is 427 g/mol. The molecule has 0 spiro atoms. The van der Waals surface area contributed by atoms with Crippen LogP contribution in [0.3, 0.4) is 0 Å². The molecule has 1 aliphatic heterocycles. The van der Waals surface area contributed by atoms with E-state index in [2.05, 4.69) is 33.9 Å². The molecular formula is C22H38O6Si. The van der Waals surface area contributed by atoms with E-state index in [0.717, 1.165) is 11.3 Å². The van der Waals surface area contributed by atoms with Crippen LogP contribution in [0.1, 0.15) is 61.3 Å². The van der Waals surface area contributed by atoms with Crippen LogP contribution < -0.4 is 0 Å². The van der Waals surface area contributed by atoms with Crippen LogP contribution >= 0.6 is 0 Å². The molecule has 29 heavy (non-hydrogen) atoms. The van der Waals surface area contributed by atoms with Gasteiger partial charge in [-0.15, -0.1) is 0 Å². The molecule has 0 bridgehead atoms. The fourth-order valence-electron chi connectivity index (χ4n) is 4.12. The molecule has 1 saturated heterocycles. The normalized spacial score (nSPS) is 30.1. The third kappa shape index (κ3) is 4.06. The van der Waals surface area contributed by atoms with E-state index in [1.165, 1.54) is 7.11 Å². The highest BCUT2D eigenvalue weighted by Crippen LogP contribution is 2.52. The molecule has 166 valence electrons. The summed E-state index contributed by atoms with van der Waals surface area (Å²) in [6.45, 7) is 18.5. The summed E-state index contributed by atoms with van der Waals surface area (Å²) in [7, 11) is -0.600. The second kappa shape index (κ2) is 7.82. The third-order valence-electron chi connectivity index (χ3n) is 6.67. The van der Waals surface area contributed by atoms with Crippen LogP contribution in [0.5, 0.6) is 0 Å². The minimum Gasteiger partial charge on any atom is -0.546 e. The van der Waals surface area contributed by atoms with Crippen molar-refractivity contribution in [3.05, 3.63) is 11.3 Å². The van der Waals surface area contributed by atoms with Crippen molar-refractivity contribution in [1.29, 1.82) is 0 Å². The third-order valence-corrected chi connectivity index (χ3v) is 11.0. The van der Waals surface area contributed by atoms with Crippen LogP contribution in [0.15, 0.2) is 11.3 Å². The Morgan fingerprint density at radius 3 is 2.34 bits per heavy atom. The Labute approximate surface area is 176 Å². The maximum absolute atomic E-state index is 13.4. The van der Waals surface area contributed by atoms with Gasteiger partial charge in [-0.1, -0.05) is 20.8 Å². The van der Waals surface area contributed by atoms with Gasteiger partial charge in [0.2, 0.25) is 8.32 Å². The van der Waals surface area contributed by atoms with Crippen molar-refractivity contribution >= 4 is 20.1 Å². The number of rotatable bonds is 5. The largest absolute Gasteiger partial charge is 0.546 e. The number of esters is 1. The smallest absolute Gasteiger partial charge is 0.325 e. The molecule has 0 N–H and O–H groups in total. The number of ether oxygens (including phenoxy) is 3. The first-order valence-electron chi connectivity index (χ1n) is 10.4. The van der Waals surface area contributed by atoms with Crippen molar-refractivity contribution in [2.45, 2.75) is 97.2 Å². The number of fused-ring (bicyclic) bond motifs is 1. The lowest BCUT2D eigenvalue weighted by Crippen LogP contribution is -2.66.